The third-order valence-electron chi connectivity index (χ3n) is 3.47. The van der Waals surface area contributed by atoms with Crippen molar-refractivity contribution in [3.63, 3.8) is 0 Å². The summed E-state index contributed by atoms with van der Waals surface area (Å²) in [6.45, 7) is 0.634. The second kappa shape index (κ2) is 5.36. The minimum absolute atomic E-state index is 0.164. The number of rotatable bonds is 4. The average molecular weight is 272 g/mol. The Morgan fingerprint density at radius 2 is 2.28 bits per heavy atom. The molecule has 0 aliphatic heterocycles. The molecule has 6 nitrogen and oxygen atoms in total. The van der Waals surface area contributed by atoms with Gasteiger partial charge in [-0.25, -0.2) is 18.1 Å². The molecule has 0 saturated heterocycles. The number of aromatic nitrogens is 3. The van der Waals surface area contributed by atoms with E-state index in [1.807, 2.05) is 11.7 Å². The van der Waals surface area contributed by atoms with Gasteiger partial charge in [0.05, 0.1) is 17.8 Å². The Balaban J connectivity index is 2.08. The minimum atomic E-state index is -2.94. The molecule has 2 atom stereocenters. The summed E-state index contributed by atoms with van der Waals surface area (Å²) in [5, 5.41) is 7.16. The number of nitrogens with zero attached hydrogens (tertiary/aromatic N) is 3. The van der Waals surface area contributed by atoms with Crippen LogP contribution in [0.3, 0.4) is 0 Å². The molecule has 102 valence electrons. The van der Waals surface area contributed by atoms with E-state index in [1.54, 1.807) is 6.33 Å². The van der Waals surface area contributed by atoms with Crippen molar-refractivity contribution in [2.75, 3.05) is 13.3 Å². The van der Waals surface area contributed by atoms with E-state index in [0.717, 1.165) is 25.1 Å². The first-order valence-corrected chi connectivity index (χ1v) is 8.19. The van der Waals surface area contributed by atoms with Crippen LogP contribution >= 0.6 is 0 Å². The molecule has 0 spiro atoms. The molecule has 1 aliphatic carbocycles. The van der Waals surface area contributed by atoms with Crippen LogP contribution in [-0.4, -0.2) is 41.7 Å². The highest BCUT2D eigenvalue weighted by atomic mass is 32.2. The molecule has 1 aromatic rings. The Bertz CT molecular complexity index is 497. The summed E-state index contributed by atoms with van der Waals surface area (Å²) in [5.74, 6) is 0.749. The number of hydrogen-bond donors (Lipinski definition) is 1. The molecule has 1 heterocycles. The average Bonchev–Trinajstić information content (AvgIpc) is 2.77. The fourth-order valence-corrected chi connectivity index (χ4v) is 3.64. The lowest BCUT2D eigenvalue weighted by Gasteiger charge is -2.27. The van der Waals surface area contributed by atoms with Crippen LogP contribution in [0.15, 0.2) is 6.33 Å². The zero-order chi connectivity index (χ0) is 13.2. The van der Waals surface area contributed by atoms with E-state index in [9.17, 15) is 8.42 Å². The van der Waals surface area contributed by atoms with E-state index < -0.39 is 9.84 Å². The molecule has 0 aromatic carbocycles. The van der Waals surface area contributed by atoms with Gasteiger partial charge in [-0.2, -0.15) is 5.10 Å². The Labute approximate surface area is 108 Å². The second-order valence-corrected chi connectivity index (χ2v) is 7.27. The Kier molecular flexibility index (Phi) is 4.01. The summed E-state index contributed by atoms with van der Waals surface area (Å²) in [6, 6.07) is 0.164. The van der Waals surface area contributed by atoms with Crippen molar-refractivity contribution in [1.29, 1.82) is 0 Å². The van der Waals surface area contributed by atoms with E-state index in [4.69, 9.17) is 0 Å². The van der Waals surface area contributed by atoms with Crippen molar-refractivity contribution < 1.29 is 8.42 Å². The zero-order valence-corrected chi connectivity index (χ0v) is 11.7. The first kappa shape index (κ1) is 13.5. The maximum Gasteiger partial charge on any atom is 0.164 e. The summed E-state index contributed by atoms with van der Waals surface area (Å²) in [5.41, 5.74) is 0. The predicted octanol–water partition coefficient (Wildman–Crippen LogP) is 0.526. The van der Waals surface area contributed by atoms with Crippen LogP contribution in [0.4, 0.5) is 0 Å². The highest BCUT2D eigenvalue weighted by Crippen LogP contribution is 2.31. The number of sulfone groups is 1. The van der Waals surface area contributed by atoms with Crippen molar-refractivity contribution in [2.24, 2.45) is 0 Å². The van der Waals surface area contributed by atoms with Gasteiger partial charge in [0, 0.05) is 6.26 Å². The maximum atomic E-state index is 11.6. The van der Waals surface area contributed by atoms with Crippen LogP contribution in [0.1, 0.15) is 37.5 Å². The lowest BCUT2D eigenvalue weighted by Crippen LogP contribution is -2.29. The summed E-state index contributed by atoms with van der Waals surface area (Å²) in [6.07, 6.45) is 6.38. The van der Waals surface area contributed by atoms with Gasteiger partial charge in [-0.05, 0) is 26.3 Å². The molecule has 1 fully saturated rings. The molecule has 0 bridgehead atoms. The summed E-state index contributed by atoms with van der Waals surface area (Å²) in [7, 11) is -1.10. The summed E-state index contributed by atoms with van der Waals surface area (Å²) >= 11 is 0. The fraction of sp³-hybridized carbons (Fsp3) is 0.818. The van der Waals surface area contributed by atoms with E-state index in [-0.39, 0.29) is 11.3 Å². The van der Waals surface area contributed by atoms with E-state index in [1.165, 1.54) is 6.26 Å². The van der Waals surface area contributed by atoms with Crippen LogP contribution < -0.4 is 5.32 Å². The molecule has 2 rings (SSSR count). The number of hydrogen-bond acceptors (Lipinski definition) is 5. The number of nitrogens with one attached hydrogen (secondary N) is 1. The molecule has 0 radical (unpaired) electrons. The standard InChI is InChI=1S/C11H20N4O2S/c1-12-7-11-13-8-15(14-11)9-4-3-5-10(6-9)18(2,16)17/h8-10,12H,3-7H2,1-2H3. The van der Waals surface area contributed by atoms with Gasteiger partial charge in [0.15, 0.2) is 5.82 Å². The smallest absolute Gasteiger partial charge is 0.164 e. The van der Waals surface area contributed by atoms with Crippen molar-refractivity contribution in [3.8, 4) is 0 Å². The van der Waals surface area contributed by atoms with Gasteiger partial charge in [-0.1, -0.05) is 6.42 Å². The van der Waals surface area contributed by atoms with Crippen LogP contribution in [0.25, 0.3) is 0 Å². The van der Waals surface area contributed by atoms with Gasteiger partial charge >= 0.3 is 0 Å². The molecule has 1 aromatic heterocycles. The largest absolute Gasteiger partial charge is 0.313 e. The zero-order valence-electron chi connectivity index (χ0n) is 10.8. The van der Waals surface area contributed by atoms with Crippen molar-refractivity contribution in [2.45, 2.75) is 43.5 Å². The first-order chi connectivity index (χ1) is 8.50. The third kappa shape index (κ3) is 3.08. The minimum Gasteiger partial charge on any atom is -0.313 e. The summed E-state index contributed by atoms with van der Waals surface area (Å²) < 4.78 is 25.1. The van der Waals surface area contributed by atoms with Gasteiger partial charge in [0.1, 0.15) is 16.2 Å². The monoisotopic (exact) mass is 272 g/mol. The SMILES string of the molecule is CNCc1ncn(C2CCCC(S(C)(=O)=O)C2)n1. The van der Waals surface area contributed by atoms with Crippen LogP contribution in [0, 0.1) is 0 Å². The molecular formula is C11H20N4O2S. The Morgan fingerprint density at radius 3 is 2.94 bits per heavy atom. The van der Waals surface area contributed by atoms with E-state index >= 15 is 0 Å². The normalized spacial score (nSPS) is 25.2. The quantitative estimate of drug-likeness (QED) is 0.865. The molecule has 0 amide bonds. The Morgan fingerprint density at radius 1 is 1.50 bits per heavy atom. The lowest BCUT2D eigenvalue weighted by molar-refractivity contribution is 0.327. The van der Waals surface area contributed by atoms with Crippen molar-refractivity contribution in [1.82, 2.24) is 20.1 Å². The molecule has 18 heavy (non-hydrogen) atoms. The molecule has 2 unspecified atom stereocenters. The fourth-order valence-electron chi connectivity index (χ4n) is 2.48. The highest BCUT2D eigenvalue weighted by molar-refractivity contribution is 7.91. The second-order valence-electron chi connectivity index (χ2n) is 4.94. The van der Waals surface area contributed by atoms with Gasteiger partial charge in [-0.3, -0.25) is 0 Å². The lowest BCUT2D eigenvalue weighted by atomic mass is 9.95. The van der Waals surface area contributed by atoms with Crippen molar-refractivity contribution in [3.05, 3.63) is 12.2 Å². The van der Waals surface area contributed by atoms with Gasteiger partial charge in [-0.15, -0.1) is 0 Å². The van der Waals surface area contributed by atoms with Crippen LogP contribution in [-0.2, 0) is 16.4 Å². The van der Waals surface area contributed by atoms with Crippen molar-refractivity contribution >= 4 is 9.84 Å². The molecular weight excluding hydrogens is 252 g/mol. The van der Waals surface area contributed by atoms with Crippen LogP contribution in [0.2, 0.25) is 0 Å². The molecule has 1 saturated carbocycles. The first-order valence-electron chi connectivity index (χ1n) is 6.24. The predicted molar refractivity (Wildman–Crippen MR) is 68.9 cm³/mol. The Hall–Kier alpha value is -0.950. The van der Waals surface area contributed by atoms with Gasteiger partial charge in [0.2, 0.25) is 0 Å². The maximum absolute atomic E-state index is 11.6. The van der Waals surface area contributed by atoms with E-state index in [2.05, 4.69) is 15.4 Å². The van der Waals surface area contributed by atoms with Crippen LogP contribution in [0.5, 0.6) is 0 Å². The summed E-state index contributed by atoms with van der Waals surface area (Å²) in [4.78, 5) is 4.21. The highest BCUT2D eigenvalue weighted by Gasteiger charge is 2.30. The van der Waals surface area contributed by atoms with E-state index in [0.29, 0.717) is 13.0 Å². The van der Waals surface area contributed by atoms with Gasteiger partial charge < -0.3 is 5.32 Å². The molecule has 1 aliphatic rings. The molecule has 7 heteroatoms. The molecule has 1 N–H and O–H groups in total. The van der Waals surface area contributed by atoms with Gasteiger partial charge in [0.25, 0.3) is 0 Å². The topological polar surface area (TPSA) is 76.9 Å². The third-order valence-corrected chi connectivity index (χ3v) is 5.11.